The van der Waals surface area contributed by atoms with Crippen LogP contribution in [0.3, 0.4) is 0 Å². The van der Waals surface area contributed by atoms with Gasteiger partial charge in [-0.2, -0.15) is 10.2 Å². The van der Waals surface area contributed by atoms with E-state index >= 15 is 0 Å². The van der Waals surface area contributed by atoms with Gasteiger partial charge in [-0.3, -0.25) is 9.89 Å². The fraction of sp³-hybridized carbons (Fsp3) is 0.500. The van der Waals surface area contributed by atoms with E-state index in [-0.39, 0.29) is 5.91 Å². The zero-order valence-electron chi connectivity index (χ0n) is 8.87. The average molecular weight is 206 g/mol. The monoisotopic (exact) mass is 206 g/mol. The van der Waals surface area contributed by atoms with E-state index < -0.39 is 0 Å². The van der Waals surface area contributed by atoms with Crippen molar-refractivity contribution >= 4 is 11.6 Å². The van der Waals surface area contributed by atoms with Crippen LogP contribution in [0.5, 0.6) is 0 Å². The summed E-state index contributed by atoms with van der Waals surface area (Å²) in [4.78, 5) is 11.5. The minimum absolute atomic E-state index is 0.264. The van der Waals surface area contributed by atoms with Crippen LogP contribution in [0.1, 0.15) is 35.9 Å². The maximum atomic E-state index is 11.5. The van der Waals surface area contributed by atoms with Gasteiger partial charge in [0, 0.05) is 11.4 Å². The highest BCUT2D eigenvalue weighted by Gasteiger charge is 2.24. The summed E-state index contributed by atoms with van der Waals surface area (Å²) in [6, 6.07) is 1.69. The smallest absolute Gasteiger partial charge is 0.282 e. The molecular weight excluding hydrogens is 192 g/mol. The molecule has 1 aromatic rings. The molecule has 5 heteroatoms. The molecule has 1 aliphatic rings. The summed E-state index contributed by atoms with van der Waals surface area (Å²) in [5.74, 6) is 0.311. The van der Waals surface area contributed by atoms with Crippen molar-refractivity contribution in [2.24, 2.45) is 11.0 Å². The largest absolute Gasteiger partial charge is 0.291 e. The second-order valence-electron chi connectivity index (χ2n) is 3.90. The zero-order valence-corrected chi connectivity index (χ0v) is 8.87. The van der Waals surface area contributed by atoms with E-state index in [9.17, 15) is 4.79 Å². The van der Waals surface area contributed by atoms with Crippen molar-refractivity contribution in [2.45, 2.75) is 26.7 Å². The number of hydrogen-bond donors (Lipinski definition) is 2. The number of hydrazone groups is 1. The van der Waals surface area contributed by atoms with E-state index in [2.05, 4.69) is 20.7 Å². The van der Waals surface area contributed by atoms with Crippen molar-refractivity contribution < 1.29 is 4.79 Å². The fourth-order valence-corrected chi connectivity index (χ4v) is 1.32. The predicted octanol–water partition coefficient (Wildman–Crippen LogP) is 1.23. The molecule has 0 aromatic carbocycles. The third kappa shape index (κ3) is 2.43. The van der Waals surface area contributed by atoms with Gasteiger partial charge in [0.25, 0.3) is 5.91 Å². The number of aryl methyl sites for hydroxylation is 1. The van der Waals surface area contributed by atoms with Gasteiger partial charge < -0.3 is 0 Å². The number of nitrogens with one attached hydrogen (secondary N) is 2. The van der Waals surface area contributed by atoms with Crippen molar-refractivity contribution in [3.05, 3.63) is 17.5 Å². The van der Waals surface area contributed by atoms with Crippen molar-refractivity contribution in [1.82, 2.24) is 15.6 Å². The van der Waals surface area contributed by atoms with Gasteiger partial charge in [0.15, 0.2) is 5.69 Å². The lowest BCUT2D eigenvalue weighted by Gasteiger charge is -1.97. The van der Waals surface area contributed by atoms with E-state index in [1.165, 1.54) is 12.8 Å². The quantitative estimate of drug-likeness (QED) is 0.577. The number of H-pyrrole nitrogens is 1. The second kappa shape index (κ2) is 3.84. The van der Waals surface area contributed by atoms with Gasteiger partial charge in [-0.1, -0.05) is 0 Å². The van der Waals surface area contributed by atoms with Crippen LogP contribution in [-0.4, -0.2) is 21.8 Å². The Balaban J connectivity index is 1.94. The first-order valence-electron chi connectivity index (χ1n) is 5.03. The Morgan fingerprint density at radius 3 is 2.93 bits per heavy atom. The lowest BCUT2D eigenvalue weighted by Crippen LogP contribution is -2.19. The van der Waals surface area contributed by atoms with Crippen molar-refractivity contribution in [3.8, 4) is 0 Å². The van der Waals surface area contributed by atoms with E-state index in [0.717, 1.165) is 11.4 Å². The molecule has 0 bridgehead atoms. The van der Waals surface area contributed by atoms with Crippen molar-refractivity contribution in [2.75, 3.05) is 0 Å². The number of nitrogens with zero attached hydrogens (tertiary/aromatic N) is 2. The van der Waals surface area contributed by atoms with Gasteiger partial charge in [-0.15, -0.1) is 0 Å². The highest BCUT2D eigenvalue weighted by molar-refractivity contribution is 5.94. The molecule has 1 aliphatic carbocycles. The van der Waals surface area contributed by atoms with Crippen LogP contribution in [-0.2, 0) is 0 Å². The van der Waals surface area contributed by atoms with E-state index in [1.807, 2.05) is 13.8 Å². The number of hydrogen-bond acceptors (Lipinski definition) is 3. The molecule has 0 spiro atoms. The average Bonchev–Trinajstić information content (AvgIpc) is 2.97. The van der Waals surface area contributed by atoms with Crippen LogP contribution >= 0.6 is 0 Å². The lowest BCUT2D eigenvalue weighted by atomic mass is 10.3. The van der Waals surface area contributed by atoms with Crippen molar-refractivity contribution in [1.29, 1.82) is 0 Å². The molecule has 0 saturated heterocycles. The number of amides is 1. The highest BCUT2D eigenvalue weighted by atomic mass is 16.2. The number of aromatic amines is 1. The first kappa shape index (κ1) is 9.89. The Labute approximate surface area is 88.0 Å². The molecule has 2 N–H and O–H groups in total. The summed E-state index contributed by atoms with van der Waals surface area (Å²) in [6.45, 7) is 3.79. The van der Waals surface area contributed by atoms with Gasteiger partial charge in [0.1, 0.15) is 0 Å². The zero-order chi connectivity index (χ0) is 10.8. The molecule has 1 amide bonds. The fourth-order valence-electron chi connectivity index (χ4n) is 1.32. The predicted molar refractivity (Wildman–Crippen MR) is 56.6 cm³/mol. The maximum absolute atomic E-state index is 11.5. The molecular formula is C10H14N4O. The summed E-state index contributed by atoms with van der Waals surface area (Å²) in [5, 5.41) is 10.6. The molecule has 1 fully saturated rings. The Kier molecular flexibility index (Phi) is 2.53. The van der Waals surface area contributed by atoms with Crippen LogP contribution in [0.4, 0.5) is 0 Å². The van der Waals surface area contributed by atoms with E-state index in [1.54, 1.807) is 6.07 Å². The summed E-state index contributed by atoms with van der Waals surface area (Å²) < 4.78 is 0. The molecule has 0 radical (unpaired) electrons. The molecule has 2 rings (SSSR count). The van der Waals surface area contributed by atoms with Crippen LogP contribution < -0.4 is 5.43 Å². The summed E-state index contributed by atoms with van der Waals surface area (Å²) in [6.07, 6.45) is 2.37. The maximum Gasteiger partial charge on any atom is 0.291 e. The molecule has 80 valence electrons. The van der Waals surface area contributed by atoms with E-state index in [0.29, 0.717) is 11.6 Å². The third-order valence-corrected chi connectivity index (χ3v) is 2.44. The third-order valence-electron chi connectivity index (χ3n) is 2.44. The molecule has 15 heavy (non-hydrogen) atoms. The topological polar surface area (TPSA) is 70.1 Å². The highest BCUT2D eigenvalue weighted by Crippen LogP contribution is 2.30. The number of carbonyl (C=O) groups excluding carboxylic acids is 1. The van der Waals surface area contributed by atoms with Gasteiger partial charge in [-0.05, 0) is 38.7 Å². The molecule has 0 unspecified atom stereocenters. The van der Waals surface area contributed by atoms with Crippen LogP contribution in [0.25, 0.3) is 0 Å². The van der Waals surface area contributed by atoms with Crippen molar-refractivity contribution in [3.63, 3.8) is 0 Å². The summed E-state index contributed by atoms with van der Waals surface area (Å²) >= 11 is 0. The Hall–Kier alpha value is -1.65. The Bertz CT molecular complexity index is 403. The second-order valence-corrected chi connectivity index (χ2v) is 3.90. The minimum Gasteiger partial charge on any atom is -0.282 e. The number of rotatable bonds is 3. The first-order valence-corrected chi connectivity index (χ1v) is 5.03. The van der Waals surface area contributed by atoms with Gasteiger partial charge in [-0.25, -0.2) is 5.43 Å². The van der Waals surface area contributed by atoms with E-state index in [4.69, 9.17) is 0 Å². The molecule has 5 nitrogen and oxygen atoms in total. The molecule has 1 aromatic heterocycles. The molecule has 1 saturated carbocycles. The Morgan fingerprint density at radius 1 is 1.67 bits per heavy atom. The van der Waals surface area contributed by atoms with Crippen LogP contribution in [0.15, 0.2) is 11.2 Å². The lowest BCUT2D eigenvalue weighted by molar-refractivity contribution is 0.0949. The molecule has 0 aliphatic heterocycles. The SMILES string of the molecule is C/C(=N\NC(=O)c1cc(C)[nH]n1)C1CC1. The van der Waals surface area contributed by atoms with Crippen LogP contribution in [0, 0.1) is 12.8 Å². The number of carbonyl (C=O) groups is 1. The minimum atomic E-state index is -0.264. The summed E-state index contributed by atoms with van der Waals surface area (Å²) in [7, 11) is 0. The first-order chi connectivity index (χ1) is 7.16. The van der Waals surface area contributed by atoms with Gasteiger partial charge in [0.05, 0.1) is 0 Å². The molecule has 0 atom stereocenters. The molecule has 1 heterocycles. The standard InChI is InChI=1S/C10H14N4O/c1-6-5-9(13-11-6)10(15)14-12-7(2)8-3-4-8/h5,8H,3-4H2,1-2H3,(H,11,13)(H,14,15)/b12-7+. The van der Waals surface area contributed by atoms with Gasteiger partial charge in [0.2, 0.25) is 0 Å². The van der Waals surface area contributed by atoms with Crippen LogP contribution in [0.2, 0.25) is 0 Å². The Morgan fingerprint density at radius 2 is 2.40 bits per heavy atom. The summed E-state index contributed by atoms with van der Waals surface area (Å²) in [5.41, 5.74) is 4.73. The normalized spacial score (nSPS) is 16.5. The van der Waals surface area contributed by atoms with Gasteiger partial charge >= 0.3 is 0 Å². The number of aromatic nitrogens is 2.